The van der Waals surface area contributed by atoms with E-state index in [-0.39, 0.29) is 5.91 Å². The van der Waals surface area contributed by atoms with Gasteiger partial charge in [0.1, 0.15) is 11.7 Å². The zero-order valence-electron chi connectivity index (χ0n) is 14.0. The first-order chi connectivity index (χ1) is 10.8. The molecule has 6 nitrogen and oxygen atoms in total. The number of hydrogen-bond acceptors (Lipinski definition) is 3. The lowest BCUT2D eigenvalue weighted by Crippen LogP contribution is -2.33. The molecule has 0 bridgehead atoms. The first kappa shape index (κ1) is 17.8. The zero-order valence-corrected chi connectivity index (χ0v) is 15.5. The van der Waals surface area contributed by atoms with Crippen LogP contribution in [-0.2, 0) is 17.9 Å². The second-order valence-corrected chi connectivity index (χ2v) is 6.36. The summed E-state index contributed by atoms with van der Waals surface area (Å²) < 4.78 is 3.41. The van der Waals surface area contributed by atoms with Crippen LogP contribution in [0.25, 0.3) is 0 Å². The van der Waals surface area contributed by atoms with Crippen molar-refractivity contribution in [2.75, 3.05) is 7.05 Å². The van der Waals surface area contributed by atoms with Gasteiger partial charge in [0.05, 0.1) is 28.0 Å². The highest BCUT2D eigenvalue weighted by Crippen LogP contribution is 2.23. The van der Waals surface area contributed by atoms with Crippen LogP contribution in [0.5, 0.6) is 0 Å². The summed E-state index contributed by atoms with van der Waals surface area (Å²) in [5.74, 6) is -0.0746. The highest BCUT2D eigenvalue weighted by atomic mass is 35.5. The van der Waals surface area contributed by atoms with Crippen LogP contribution in [0.3, 0.4) is 0 Å². The number of amides is 1. The molecule has 0 saturated heterocycles. The quantitative estimate of drug-likeness (QED) is 0.825. The SMILES string of the molecule is CCn1cc(Cl)c(CN(C)C(=O)C(C)n2nc(C)c(Cl)c2C)n1. The third-order valence-electron chi connectivity index (χ3n) is 3.84. The number of likely N-dealkylation sites (N-methyl/N-ethyl adjacent to an activating group) is 1. The molecule has 2 heterocycles. The molecule has 2 rings (SSSR count). The monoisotopic (exact) mass is 357 g/mol. The molecule has 1 atom stereocenters. The van der Waals surface area contributed by atoms with Crippen molar-refractivity contribution in [3.8, 4) is 0 Å². The summed E-state index contributed by atoms with van der Waals surface area (Å²) in [6.45, 7) is 8.55. The van der Waals surface area contributed by atoms with Gasteiger partial charge in [-0.1, -0.05) is 23.2 Å². The molecule has 0 fully saturated rings. The molecule has 0 aliphatic heterocycles. The Bertz CT molecular complexity index is 722. The molecule has 1 amide bonds. The van der Waals surface area contributed by atoms with E-state index in [1.807, 2.05) is 20.8 Å². The fraction of sp³-hybridized carbons (Fsp3) is 0.533. The van der Waals surface area contributed by atoms with Gasteiger partial charge in [0.15, 0.2) is 0 Å². The summed E-state index contributed by atoms with van der Waals surface area (Å²) in [6.07, 6.45) is 1.76. The van der Waals surface area contributed by atoms with Gasteiger partial charge in [0, 0.05) is 19.8 Å². The van der Waals surface area contributed by atoms with Crippen LogP contribution < -0.4 is 0 Å². The Labute approximate surface area is 146 Å². The van der Waals surface area contributed by atoms with Gasteiger partial charge in [0.2, 0.25) is 5.91 Å². The van der Waals surface area contributed by atoms with Crippen molar-refractivity contribution >= 4 is 29.1 Å². The molecule has 0 spiro atoms. The third-order valence-corrected chi connectivity index (χ3v) is 4.70. The lowest BCUT2D eigenvalue weighted by Gasteiger charge is -2.22. The van der Waals surface area contributed by atoms with E-state index in [0.717, 1.165) is 17.9 Å². The second-order valence-electron chi connectivity index (χ2n) is 5.58. The highest BCUT2D eigenvalue weighted by Gasteiger charge is 2.24. The number of aryl methyl sites for hydroxylation is 2. The molecule has 1 unspecified atom stereocenters. The van der Waals surface area contributed by atoms with E-state index in [1.54, 1.807) is 34.4 Å². The topological polar surface area (TPSA) is 56.0 Å². The maximum Gasteiger partial charge on any atom is 0.247 e. The Morgan fingerprint density at radius 2 is 2.00 bits per heavy atom. The number of rotatable bonds is 5. The zero-order chi connectivity index (χ0) is 17.3. The van der Waals surface area contributed by atoms with Crippen LogP contribution in [-0.4, -0.2) is 37.4 Å². The first-order valence-electron chi connectivity index (χ1n) is 7.44. The molecule has 0 radical (unpaired) electrons. The van der Waals surface area contributed by atoms with Gasteiger partial charge in [-0.3, -0.25) is 14.2 Å². The van der Waals surface area contributed by atoms with Crippen molar-refractivity contribution in [2.24, 2.45) is 0 Å². The van der Waals surface area contributed by atoms with Gasteiger partial charge in [-0.05, 0) is 27.7 Å². The number of aromatic nitrogens is 4. The van der Waals surface area contributed by atoms with Crippen LogP contribution in [0.2, 0.25) is 10.0 Å². The number of halogens is 2. The molecule has 2 aromatic rings. The van der Waals surface area contributed by atoms with Crippen molar-refractivity contribution in [3.05, 3.63) is 33.3 Å². The van der Waals surface area contributed by atoms with E-state index in [2.05, 4.69) is 10.2 Å². The number of hydrogen-bond donors (Lipinski definition) is 0. The largest absolute Gasteiger partial charge is 0.338 e. The molecule has 126 valence electrons. The van der Waals surface area contributed by atoms with Gasteiger partial charge in [-0.2, -0.15) is 10.2 Å². The number of carbonyl (C=O) groups excluding carboxylic acids is 1. The number of nitrogens with zero attached hydrogens (tertiary/aromatic N) is 5. The Balaban J connectivity index is 2.15. The molecular formula is C15H21Cl2N5O. The predicted octanol–water partition coefficient (Wildman–Crippen LogP) is 3.24. The van der Waals surface area contributed by atoms with E-state index in [1.165, 1.54) is 0 Å². The molecule has 0 N–H and O–H groups in total. The van der Waals surface area contributed by atoms with Crippen molar-refractivity contribution in [2.45, 2.75) is 46.8 Å². The fourth-order valence-corrected chi connectivity index (χ4v) is 2.79. The standard InChI is InChI=1S/C15H21Cl2N5O/c1-6-21-7-12(16)13(19-21)8-20(5)15(23)11(4)22-10(3)14(17)9(2)18-22/h7,11H,6,8H2,1-5H3. The minimum atomic E-state index is -0.446. The molecule has 23 heavy (non-hydrogen) atoms. The second kappa shape index (κ2) is 6.93. The van der Waals surface area contributed by atoms with Gasteiger partial charge < -0.3 is 4.90 Å². The van der Waals surface area contributed by atoms with E-state index in [4.69, 9.17) is 23.2 Å². The normalized spacial score (nSPS) is 12.5. The third kappa shape index (κ3) is 3.53. The van der Waals surface area contributed by atoms with Crippen LogP contribution in [0.4, 0.5) is 0 Å². The molecule has 8 heteroatoms. The van der Waals surface area contributed by atoms with Crippen molar-refractivity contribution in [1.82, 2.24) is 24.5 Å². The van der Waals surface area contributed by atoms with Gasteiger partial charge >= 0.3 is 0 Å². The molecule has 0 aliphatic carbocycles. The van der Waals surface area contributed by atoms with Crippen molar-refractivity contribution < 1.29 is 4.79 Å². The fourth-order valence-electron chi connectivity index (χ4n) is 2.45. The number of carbonyl (C=O) groups is 1. The summed E-state index contributed by atoms with van der Waals surface area (Å²) in [6, 6.07) is -0.446. The Morgan fingerprint density at radius 3 is 2.48 bits per heavy atom. The summed E-state index contributed by atoms with van der Waals surface area (Å²) in [7, 11) is 1.73. The minimum absolute atomic E-state index is 0.0746. The van der Waals surface area contributed by atoms with E-state index in [0.29, 0.717) is 22.3 Å². The maximum atomic E-state index is 12.7. The van der Waals surface area contributed by atoms with Gasteiger partial charge in [0.25, 0.3) is 0 Å². The van der Waals surface area contributed by atoms with Crippen LogP contribution >= 0.6 is 23.2 Å². The Kier molecular flexibility index (Phi) is 5.37. The highest BCUT2D eigenvalue weighted by molar-refractivity contribution is 6.32. The predicted molar refractivity (Wildman–Crippen MR) is 90.8 cm³/mol. The van der Waals surface area contributed by atoms with Crippen LogP contribution in [0.1, 0.15) is 37.0 Å². The molecule has 0 aliphatic rings. The lowest BCUT2D eigenvalue weighted by atomic mass is 10.2. The first-order valence-corrected chi connectivity index (χ1v) is 8.19. The van der Waals surface area contributed by atoms with Crippen LogP contribution in [0, 0.1) is 13.8 Å². The molecular weight excluding hydrogens is 337 g/mol. The van der Waals surface area contributed by atoms with Crippen LogP contribution in [0.15, 0.2) is 6.20 Å². The summed E-state index contributed by atoms with van der Waals surface area (Å²) in [4.78, 5) is 14.3. The smallest absolute Gasteiger partial charge is 0.247 e. The average molecular weight is 358 g/mol. The molecule has 0 aromatic carbocycles. The van der Waals surface area contributed by atoms with E-state index < -0.39 is 6.04 Å². The Hall–Kier alpha value is -1.53. The minimum Gasteiger partial charge on any atom is -0.338 e. The van der Waals surface area contributed by atoms with E-state index >= 15 is 0 Å². The summed E-state index contributed by atoms with van der Waals surface area (Å²) >= 11 is 12.3. The van der Waals surface area contributed by atoms with Crippen molar-refractivity contribution in [3.63, 3.8) is 0 Å². The van der Waals surface area contributed by atoms with Crippen molar-refractivity contribution in [1.29, 1.82) is 0 Å². The molecule has 0 saturated carbocycles. The Morgan fingerprint density at radius 1 is 1.35 bits per heavy atom. The van der Waals surface area contributed by atoms with Gasteiger partial charge in [-0.15, -0.1) is 0 Å². The maximum absolute atomic E-state index is 12.7. The summed E-state index contributed by atoms with van der Waals surface area (Å²) in [5, 5.41) is 9.87. The average Bonchev–Trinajstić information content (AvgIpc) is 3.00. The molecule has 2 aromatic heterocycles. The lowest BCUT2D eigenvalue weighted by molar-refractivity contribution is -0.133. The van der Waals surface area contributed by atoms with E-state index in [9.17, 15) is 4.79 Å². The van der Waals surface area contributed by atoms with Gasteiger partial charge in [-0.25, -0.2) is 0 Å². The summed E-state index contributed by atoms with van der Waals surface area (Å²) in [5.41, 5.74) is 2.19.